The standard InChI is InChI=1S/C28H28Cl2N4O3S/c1-19-16-22(28(35)34-14-12-33(13-15-34)18-20-7-9-23(29)24(30)17-20)8-10-25(19)32-38(36,37)26-6-2-4-21-5-3-11-31-27(21)26/h2-5,7-11,16-17,26,32H,6,12-15,18H2,1H3. The lowest BCUT2D eigenvalue weighted by Gasteiger charge is -2.35. The molecule has 2 aliphatic rings. The molecule has 0 bridgehead atoms. The summed E-state index contributed by atoms with van der Waals surface area (Å²) in [7, 11) is -3.74. The van der Waals surface area contributed by atoms with Crippen molar-refractivity contribution >= 4 is 50.9 Å². The van der Waals surface area contributed by atoms with Crippen LogP contribution in [-0.2, 0) is 16.6 Å². The minimum absolute atomic E-state index is 0.0627. The maximum Gasteiger partial charge on any atom is 0.253 e. The van der Waals surface area contributed by atoms with Crippen molar-refractivity contribution in [2.75, 3.05) is 30.9 Å². The van der Waals surface area contributed by atoms with Crippen LogP contribution in [0.25, 0.3) is 6.08 Å². The summed E-state index contributed by atoms with van der Waals surface area (Å²) in [5, 5.41) is 0.300. The number of aryl methyl sites for hydroxylation is 1. The van der Waals surface area contributed by atoms with E-state index in [9.17, 15) is 13.2 Å². The first kappa shape index (κ1) is 26.7. The summed E-state index contributed by atoms with van der Waals surface area (Å²) >= 11 is 12.1. The number of amides is 1. The number of piperazine rings is 1. The van der Waals surface area contributed by atoms with Gasteiger partial charge >= 0.3 is 0 Å². The Labute approximate surface area is 233 Å². The maximum atomic E-state index is 13.3. The van der Waals surface area contributed by atoms with Gasteiger partial charge in [0.2, 0.25) is 10.0 Å². The Kier molecular flexibility index (Phi) is 7.77. The molecule has 10 heteroatoms. The second-order valence-corrected chi connectivity index (χ2v) is 12.3. The number of benzene rings is 2. The quantitative estimate of drug-likeness (QED) is 0.419. The van der Waals surface area contributed by atoms with Gasteiger partial charge in [-0.3, -0.25) is 19.4 Å². The van der Waals surface area contributed by atoms with Crippen molar-refractivity contribution in [2.24, 2.45) is 0 Å². The molecule has 2 aromatic carbocycles. The number of fused-ring (bicyclic) bond motifs is 1. The molecule has 1 aliphatic heterocycles. The van der Waals surface area contributed by atoms with Gasteiger partial charge in [-0.2, -0.15) is 0 Å². The summed E-state index contributed by atoms with van der Waals surface area (Å²) in [6, 6.07) is 14.4. The molecule has 1 atom stereocenters. The Morgan fingerprint density at radius 1 is 1.05 bits per heavy atom. The summed E-state index contributed by atoms with van der Waals surface area (Å²) in [5.41, 5.74) is 4.12. The molecular formula is C28H28Cl2N4O3S. The number of aromatic nitrogens is 1. The molecule has 3 aromatic rings. The summed E-state index contributed by atoms with van der Waals surface area (Å²) in [4.78, 5) is 21.6. The fourth-order valence-corrected chi connectivity index (χ4v) is 6.72. The van der Waals surface area contributed by atoms with Gasteiger partial charge in [-0.1, -0.05) is 47.5 Å². The molecule has 1 aliphatic carbocycles. The van der Waals surface area contributed by atoms with E-state index in [0.29, 0.717) is 52.1 Å². The first-order valence-corrected chi connectivity index (χ1v) is 14.7. The van der Waals surface area contributed by atoms with Gasteiger partial charge in [-0.05, 0) is 66.4 Å². The van der Waals surface area contributed by atoms with E-state index >= 15 is 0 Å². The van der Waals surface area contributed by atoms with Gasteiger partial charge in [0.1, 0.15) is 5.25 Å². The molecule has 7 nitrogen and oxygen atoms in total. The minimum atomic E-state index is -3.74. The van der Waals surface area contributed by atoms with Crippen LogP contribution in [0.3, 0.4) is 0 Å². The lowest BCUT2D eigenvalue weighted by Crippen LogP contribution is -2.48. The van der Waals surface area contributed by atoms with Crippen molar-refractivity contribution in [1.29, 1.82) is 0 Å². The van der Waals surface area contributed by atoms with E-state index in [1.807, 2.05) is 35.3 Å². The highest BCUT2D eigenvalue weighted by atomic mass is 35.5. The van der Waals surface area contributed by atoms with Crippen LogP contribution < -0.4 is 4.72 Å². The molecular weight excluding hydrogens is 543 g/mol. The number of carbonyl (C=O) groups is 1. The Balaban J connectivity index is 1.22. The first-order chi connectivity index (χ1) is 18.2. The van der Waals surface area contributed by atoms with Crippen LogP contribution in [-0.4, -0.2) is 55.3 Å². The highest BCUT2D eigenvalue weighted by Crippen LogP contribution is 2.34. The molecule has 1 fully saturated rings. The minimum Gasteiger partial charge on any atom is -0.336 e. The lowest BCUT2D eigenvalue weighted by molar-refractivity contribution is 0.0628. The van der Waals surface area contributed by atoms with E-state index < -0.39 is 15.3 Å². The van der Waals surface area contributed by atoms with Crippen molar-refractivity contribution in [3.05, 3.63) is 98.8 Å². The van der Waals surface area contributed by atoms with E-state index in [4.69, 9.17) is 23.2 Å². The van der Waals surface area contributed by atoms with Gasteiger partial charge in [0.15, 0.2) is 0 Å². The van der Waals surface area contributed by atoms with Crippen LogP contribution in [0.1, 0.15) is 44.4 Å². The average Bonchev–Trinajstić information content (AvgIpc) is 2.91. The number of halogens is 2. The van der Waals surface area contributed by atoms with Crippen molar-refractivity contribution in [2.45, 2.75) is 25.1 Å². The van der Waals surface area contributed by atoms with Gasteiger partial charge in [0.25, 0.3) is 5.91 Å². The molecule has 1 saturated heterocycles. The van der Waals surface area contributed by atoms with Crippen LogP contribution in [0.4, 0.5) is 5.69 Å². The van der Waals surface area contributed by atoms with E-state index in [0.717, 1.165) is 30.8 Å². The third-order valence-corrected chi connectivity index (χ3v) is 9.38. The van der Waals surface area contributed by atoms with Crippen molar-refractivity contribution < 1.29 is 13.2 Å². The number of allylic oxidation sites excluding steroid dienone is 1. The van der Waals surface area contributed by atoms with Crippen LogP contribution in [0.2, 0.25) is 10.0 Å². The van der Waals surface area contributed by atoms with Gasteiger partial charge in [0, 0.05) is 44.5 Å². The second kappa shape index (κ2) is 11.1. The molecule has 1 aromatic heterocycles. The van der Waals surface area contributed by atoms with E-state index in [2.05, 4.69) is 14.6 Å². The van der Waals surface area contributed by atoms with Crippen molar-refractivity contribution in [1.82, 2.24) is 14.8 Å². The molecule has 5 rings (SSSR count). The highest BCUT2D eigenvalue weighted by Gasteiger charge is 2.31. The number of pyridine rings is 1. The van der Waals surface area contributed by atoms with E-state index in [1.165, 1.54) is 0 Å². The van der Waals surface area contributed by atoms with Gasteiger partial charge in [-0.15, -0.1) is 0 Å². The van der Waals surface area contributed by atoms with E-state index in [1.54, 1.807) is 43.5 Å². The Morgan fingerprint density at radius 2 is 1.84 bits per heavy atom. The SMILES string of the molecule is Cc1cc(C(=O)N2CCN(Cc3ccc(Cl)c(Cl)c3)CC2)ccc1NS(=O)(=O)C1CC=Cc2cccnc21. The van der Waals surface area contributed by atoms with Crippen molar-refractivity contribution in [3.8, 4) is 0 Å². The summed E-state index contributed by atoms with van der Waals surface area (Å²) < 4.78 is 29.2. The number of rotatable bonds is 6. The third-order valence-electron chi connectivity index (χ3n) is 6.97. The maximum absolute atomic E-state index is 13.3. The zero-order chi connectivity index (χ0) is 26.9. The van der Waals surface area contributed by atoms with E-state index in [-0.39, 0.29) is 5.91 Å². The molecule has 0 spiro atoms. The smallest absolute Gasteiger partial charge is 0.253 e. The number of nitrogens with zero attached hydrogens (tertiary/aromatic N) is 3. The van der Waals surface area contributed by atoms with Crippen molar-refractivity contribution in [3.63, 3.8) is 0 Å². The molecule has 0 radical (unpaired) electrons. The Bertz CT molecular complexity index is 1500. The third kappa shape index (κ3) is 5.73. The number of anilines is 1. The van der Waals surface area contributed by atoms with Crippen LogP contribution in [0.15, 0.2) is 60.8 Å². The lowest BCUT2D eigenvalue weighted by atomic mass is 10.0. The summed E-state index contributed by atoms with van der Waals surface area (Å²) in [6.07, 6.45) is 5.71. The summed E-state index contributed by atoms with van der Waals surface area (Å²) in [5.74, 6) is -0.0627. The van der Waals surface area contributed by atoms with Crippen LogP contribution in [0, 0.1) is 6.92 Å². The Morgan fingerprint density at radius 3 is 2.58 bits per heavy atom. The first-order valence-electron chi connectivity index (χ1n) is 12.4. The number of sulfonamides is 1. The molecule has 1 amide bonds. The number of carbonyl (C=O) groups excluding carboxylic acids is 1. The molecule has 1 unspecified atom stereocenters. The zero-order valence-corrected chi connectivity index (χ0v) is 23.2. The highest BCUT2D eigenvalue weighted by molar-refractivity contribution is 7.93. The normalized spacial score (nSPS) is 17.8. The molecule has 38 heavy (non-hydrogen) atoms. The molecule has 1 N–H and O–H groups in total. The fourth-order valence-electron chi connectivity index (χ4n) is 4.87. The Hall–Kier alpha value is -2.91. The largest absolute Gasteiger partial charge is 0.336 e. The number of nitrogens with one attached hydrogen (secondary N) is 1. The predicted octanol–water partition coefficient (Wildman–Crippen LogP) is 5.55. The number of hydrogen-bond donors (Lipinski definition) is 1. The molecule has 0 saturated carbocycles. The fraction of sp³-hybridized carbons (Fsp3) is 0.286. The topological polar surface area (TPSA) is 82.6 Å². The zero-order valence-electron chi connectivity index (χ0n) is 20.9. The predicted molar refractivity (Wildman–Crippen MR) is 152 cm³/mol. The summed E-state index contributed by atoms with van der Waals surface area (Å²) in [6.45, 7) is 5.24. The monoisotopic (exact) mass is 570 g/mol. The molecule has 198 valence electrons. The average molecular weight is 572 g/mol. The van der Waals surface area contributed by atoms with Crippen LogP contribution >= 0.6 is 23.2 Å². The molecule has 2 heterocycles. The van der Waals surface area contributed by atoms with Gasteiger partial charge in [0.05, 0.1) is 21.4 Å². The number of hydrogen-bond acceptors (Lipinski definition) is 5. The second-order valence-electron chi connectivity index (χ2n) is 9.60. The van der Waals surface area contributed by atoms with Crippen LogP contribution in [0.5, 0.6) is 0 Å². The van der Waals surface area contributed by atoms with Gasteiger partial charge < -0.3 is 4.90 Å². The van der Waals surface area contributed by atoms with Gasteiger partial charge in [-0.25, -0.2) is 8.42 Å².